The normalized spacial score (nSPS) is 43.9. The number of rotatable bonds is 3. The lowest BCUT2D eigenvalue weighted by atomic mass is 10.0. The zero-order valence-electron chi connectivity index (χ0n) is 6.25. The van der Waals surface area contributed by atoms with Crippen molar-refractivity contribution in [1.82, 2.24) is 10.2 Å². The monoisotopic (exact) mass is 139 g/mol. The molecule has 2 heterocycles. The molecular formula is C7H13N3. The van der Waals surface area contributed by atoms with Gasteiger partial charge in [-0.1, -0.05) is 0 Å². The quantitative estimate of drug-likeness (QED) is 0.430. The standard InChI is InChI=1S/C7H13N3/c1-8-4-3-5-6-7(9-6)10(5)2/h5-7,9H,1,3-4H2,2H3/t5-,6+,7?/m0/s1. The Kier molecular flexibility index (Phi) is 1.28. The molecule has 0 amide bonds. The Balaban J connectivity index is 1.78. The molecule has 0 bridgehead atoms. The average Bonchev–Trinajstić information content (AvgIpc) is 2.64. The molecule has 0 aromatic heterocycles. The number of aliphatic imine (C=N–C) groups is 1. The van der Waals surface area contributed by atoms with Gasteiger partial charge in [-0.05, 0) is 20.2 Å². The molecular weight excluding hydrogens is 126 g/mol. The third-order valence-electron chi connectivity index (χ3n) is 2.55. The van der Waals surface area contributed by atoms with Crippen LogP contribution in [0, 0.1) is 0 Å². The molecule has 2 saturated heterocycles. The lowest BCUT2D eigenvalue weighted by molar-refractivity contribution is 0.142. The van der Waals surface area contributed by atoms with Crippen LogP contribution in [0.5, 0.6) is 0 Å². The van der Waals surface area contributed by atoms with Crippen molar-refractivity contribution in [2.45, 2.75) is 24.7 Å². The zero-order chi connectivity index (χ0) is 7.14. The van der Waals surface area contributed by atoms with E-state index in [1.807, 2.05) is 0 Å². The van der Waals surface area contributed by atoms with Crippen molar-refractivity contribution in [3.05, 3.63) is 0 Å². The van der Waals surface area contributed by atoms with Crippen molar-refractivity contribution in [3.8, 4) is 0 Å². The molecule has 0 aromatic carbocycles. The molecule has 0 spiro atoms. The summed E-state index contributed by atoms with van der Waals surface area (Å²) in [5, 5.41) is 3.38. The van der Waals surface area contributed by atoms with Crippen LogP contribution in [0.25, 0.3) is 0 Å². The van der Waals surface area contributed by atoms with Gasteiger partial charge in [-0.15, -0.1) is 0 Å². The summed E-state index contributed by atoms with van der Waals surface area (Å²) in [6.45, 7) is 4.37. The highest BCUT2D eigenvalue weighted by molar-refractivity contribution is 5.23. The molecule has 2 aliphatic rings. The van der Waals surface area contributed by atoms with E-state index in [1.165, 1.54) is 0 Å². The fourth-order valence-corrected chi connectivity index (χ4v) is 1.80. The lowest BCUT2D eigenvalue weighted by Crippen LogP contribution is -2.49. The van der Waals surface area contributed by atoms with Gasteiger partial charge < -0.3 is 4.99 Å². The summed E-state index contributed by atoms with van der Waals surface area (Å²) in [4.78, 5) is 6.21. The largest absolute Gasteiger partial charge is 0.301 e. The van der Waals surface area contributed by atoms with Gasteiger partial charge in [0.2, 0.25) is 0 Å². The molecule has 2 rings (SSSR count). The van der Waals surface area contributed by atoms with E-state index in [-0.39, 0.29) is 0 Å². The molecule has 0 aromatic rings. The third-order valence-corrected chi connectivity index (χ3v) is 2.55. The van der Waals surface area contributed by atoms with Gasteiger partial charge in [0.15, 0.2) is 0 Å². The number of fused-ring (bicyclic) bond motifs is 1. The van der Waals surface area contributed by atoms with Crippen molar-refractivity contribution in [1.29, 1.82) is 0 Å². The van der Waals surface area contributed by atoms with Crippen molar-refractivity contribution >= 4 is 6.72 Å². The molecule has 0 radical (unpaired) electrons. The smallest absolute Gasteiger partial charge is 0.0775 e. The molecule has 56 valence electrons. The van der Waals surface area contributed by atoms with Crippen molar-refractivity contribution in [3.63, 3.8) is 0 Å². The Morgan fingerprint density at radius 3 is 3.00 bits per heavy atom. The Labute approximate surface area is 61.1 Å². The maximum absolute atomic E-state index is 3.84. The second-order valence-corrected chi connectivity index (χ2v) is 3.11. The minimum atomic E-state index is 0.704. The van der Waals surface area contributed by atoms with Crippen LogP contribution in [0.4, 0.5) is 0 Å². The predicted octanol–water partition coefficient (Wildman–Crippen LogP) is -0.311. The van der Waals surface area contributed by atoms with Gasteiger partial charge in [-0.2, -0.15) is 0 Å². The van der Waals surface area contributed by atoms with Crippen LogP contribution >= 0.6 is 0 Å². The van der Waals surface area contributed by atoms with E-state index in [9.17, 15) is 0 Å². The average molecular weight is 139 g/mol. The van der Waals surface area contributed by atoms with E-state index in [0.717, 1.165) is 25.0 Å². The van der Waals surface area contributed by atoms with E-state index in [0.29, 0.717) is 6.17 Å². The molecule has 10 heavy (non-hydrogen) atoms. The number of hydrogen-bond acceptors (Lipinski definition) is 3. The first kappa shape index (κ1) is 6.31. The van der Waals surface area contributed by atoms with Gasteiger partial charge in [0, 0.05) is 12.6 Å². The topological polar surface area (TPSA) is 37.5 Å². The fraction of sp³-hybridized carbons (Fsp3) is 0.857. The Bertz CT molecular complexity index is 157. The van der Waals surface area contributed by atoms with Crippen molar-refractivity contribution in [2.75, 3.05) is 13.6 Å². The third kappa shape index (κ3) is 0.707. The van der Waals surface area contributed by atoms with Crippen LogP contribution in [-0.2, 0) is 0 Å². The molecule has 0 saturated carbocycles. The molecule has 3 heteroatoms. The summed E-state index contributed by atoms with van der Waals surface area (Å²) in [5.74, 6) is 0. The Morgan fingerprint density at radius 1 is 1.70 bits per heavy atom. The summed E-state index contributed by atoms with van der Waals surface area (Å²) < 4.78 is 0. The molecule has 3 atom stereocenters. The number of nitrogens with one attached hydrogen (secondary N) is 1. The van der Waals surface area contributed by atoms with Crippen LogP contribution in [-0.4, -0.2) is 43.5 Å². The maximum atomic E-state index is 3.84. The first-order valence-corrected chi connectivity index (χ1v) is 3.75. The second-order valence-electron chi connectivity index (χ2n) is 3.11. The fourth-order valence-electron chi connectivity index (χ4n) is 1.80. The minimum Gasteiger partial charge on any atom is -0.301 e. The zero-order valence-corrected chi connectivity index (χ0v) is 6.25. The number of nitrogens with zero attached hydrogens (tertiary/aromatic N) is 2. The van der Waals surface area contributed by atoms with Crippen LogP contribution in [0.1, 0.15) is 6.42 Å². The van der Waals surface area contributed by atoms with E-state index in [1.54, 1.807) is 0 Å². The summed E-state index contributed by atoms with van der Waals surface area (Å²) in [6, 6.07) is 1.52. The molecule has 0 aliphatic carbocycles. The summed E-state index contributed by atoms with van der Waals surface area (Å²) >= 11 is 0. The highest BCUT2D eigenvalue weighted by Gasteiger charge is 2.57. The van der Waals surface area contributed by atoms with Gasteiger partial charge in [-0.3, -0.25) is 10.2 Å². The lowest BCUT2D eigenvalue weighted by Gasteiger charge is -2.34. The SMILES string of the molecule is C=NCC[C@H]1[C@H]2NC2N1C. The molecule has 1 N–H and O–H groups in total. The second kappa shape index (κ2) is 2.04. The first-order chi connectivity index (χ1) is 4.84. The van der Waals surface area contributed by atoms with Gasteiger partial charge in [0.05, 0.1) is 12.2 Å². The number of likely N-dealkylation sites (N-methyl/N-ethyl adjacent to an activating group) is 1. The van der Waals surface area contributed by atoms with Gasteiger partial charge in [-0.25, -0.2) is 0 Å². The summed E-state index contributed by atoms with van der Waals surface area (Å²) in [6.07, 6.45) is 1.86. The highest BCUT2D eigenvalue weighted by Crippen LogP contribution is 2.35. The van der Waals surface area contributed by atoms with Crippen LogP contribution in [0.2, 0.25) is 0 Å². The van der Waals surface area contributed by atoms with Gasteiger partial charge in [0.1, 0.15) is 0 Å². The van der Waals surface area contributed by atoms with Crippen molar-refractivity contribution < 1.29 is 0 Å². The van der Waals surface area contributed by atoms with Crippen LogP contribution < -0.4 is 5.32 Å². The van der Waals surface area contributed by atoms with E-state index in [4.69, 9.17) is 0 Å². The maximum Gasteiger partial charge on any atom is 0.0775 e. The van der Waals surface area contributed by atoms with Crippen molar-refractivity contribution in [2.24, 2.45) is 4.99 Å². The number of hydrogen-bond donors (Lipinski definition) is 1. The van der Waals surface area contributed by atoms with E-state index >= 15 is 0 Å². The molecule has 2 fully saturated rings. The summed E-state index contributed by atoms with van der Waals surface area (Å²) in [5.41, 5.74) is 0. The van der Waals surface area contributed by atoms with E-state index < -0.39 is 0 Å². The minimum absolute atomic E-state index is 0.704. The first-order valence-electron chi connectivity index (χ1n) is 3.75. The predicted molar refractivity (Wildman–Crippen MR) is 41.3 cm³/mol. The van der Waals surface area contributed by atoms with Crippen LogP contribution in [0.15, 0.2) is 4.99 Å². The molecule has 1 unspecified atom stereocenters. The van der Waals surface area contributed by atoms with Crippen LogP contribution in [0.3, 0.4) is 0 Å². The van der Waals surface area contributed by atoms with Gasteiger partial charge >= 0.3 is 0 Å². The number of likely N-dealkylation sites (tertiary alicyclic amines) is 1. The van der Waals surface area contributed by atoms with Gasteiger partial charge in [0.25, 0.3) is 0 Å². The highest BCUT2D eigenvalue weighted by atomic mass is 15.5. The van der Waals surface area contributed by atoms with E-state index in [2.05, 4.69) is 29.0 Å². The molecule has 2 aliphatic heterocycles. The Hall–Kier alpha value is -0.410. The summed E-state index contributed by atoms with van der Waals surface area (Å²) in [7, 11) is 2.16. The Morgan fingerprint density at radius 2 is 2.50 bits per heavy atom. The molecule has 3 nitrogen and oxygen atoms in total.